The molecule has 0 heterocycles. The second kappa shape index (κ2) is 9.86. The second-order valence-corrected chi connectivity index (χ2v) is 8.06. The molecule has 162 valence electrons. The van der Waals surface area contributed by atoms with E-state index in [9.17, 15) is 13.2 Å². The fraction of sp³-hybridized carbons (Fsp3) is 0.136. The Kier molecular flexibility index (Phi) is 6.99. The zero-order valence-electron chi connectivity index (χ0n) is 17.0. The molecule has 31 heavy (non-hydrogen) atoms. The monoisotopic (exact) mass is 442 g/mol. The molecule has 3 aromatic carbocycles. The molecule has 0 aliphatic heterocycles. The summed E-state index contributed by atoms with van der Waals surface area (Å²) in [5.41, 5.74) is 0.965. The number of benzene rings is 3. The Balaban J connectivity index is 1.58. The average Bonchev–Trinajstić information content (AvgIpc) is 2.78. The lowest BCUT2D eigenvalue weighted by atomic mass is 10.3. The molecular weight excluding hydrogens is 420 g/mol. The normalized spacial score (nSPS) is 10.8. The number of hydrogen-bond acceptors (Lipinski definition) is 6. The largest absolute Gasteiger partial charge is 0.497 e. The van der Waals surface area contributed by atoms with E-state index in [0.717, 1.165) is 0 Å². The van der Waals surface area contributed by atoms with Crippen LogP contribution in [0, 0.1) is 0 Å². The fourth-order valence-electron chi connectivity index (χ4n) is 2.66. The van der Waals surface area contributed by atoms with E-state index in [1.807, 2.05) is 0 Å². The van der Waals surface area contributed by atoms with Crippen LogP contribution in [0.25, 0.3) is 0 Å². The molecule has 2 N–H and O–H groups in total. The first kappa shape index (κ1) is 22.0. The van der Waals surface area contributed by atoms with Crippen LogP contribution in [0.3, 0.4) is 0 Å². The maximum absolute atomic E-state index is 12.6. The van der Waals surface area contributed by atoms with Crippen LogP contribution in [-0.2, 0) is 14.8 Å². The van der Waals surface area contributed by atoms with Crippen molar-refractivity contribution >= 4 is 27.3 Å². The summed E-state index contributed by atoms with van der Waals surface area (Å²) in [6.45, 7) is -0.231. The lowest BCUT2D eigenvalue weighted by molar-refractivity contribution is -0.118. The van der Waals surface area contributed by atoms with Gasteiger partial charge in [0.05, 0.1) is 24.8 Å². The minimum Gasteiger partial charge on any atom is -0.497 e. The van der Waals surface area contributed by atoms with E-state index in [4.69, 9.17) is 14.2 Å². The van der Waals surface area contributed by atoms with Gasteiger partial charge in [0.2, 0.25) is 0 Å². The minimum atomic E-state index is -3.79. The predicted molar refractivity (Wildman–Crippen MR) is 117 cm³/mol. The van der Waals surface area contributed by atoms with Gasteiger partial charge in [0, 0.05) is 17.8 Å². The molecule has 8 nitrogen and oxygen atoms in total. The molecule has 0 radical (unpaired) electrons. The van der Waals surface area contributed by atoms with Crippen molar-refractivity contribution in [2.75, 3.05) is 30.9 Å². The summed E-state index contributed by atoms with van der Waals surface area (Å²) in [5, 5.41) is 2.70. The van der Waals surface area contributed by atoms with Gasteiger partial charge in [0.1, 0.15) is 17.2 Å². The molecule has 0 aliphatic carbocycles. The van der Waals surface area contributed by atoms with Crippen LogP contribution < -0.4 is 24.2 Å². The molecule has 0 fully saturated rings. The molecule has 0 saturated carbocycles. The molecule has 0 aliphatic rings. The van der Waals surface area contributed by atoms with Crippen LogP contribution >= 0.6 is 0 Å². The molecule has 1 amide bonds. The van der Waals surface area contributed by atoms with E-state index >= 15 is 0 Å². The average molecular weight is 442 g/mol. The van der Waals surface area contributed by atoms with Gasteiger partial charge in [-0.1, -0.05) is 12.1 Å². The standard InChI is InChI=1S/C22H22N2O6S/c1-28-19-7-3-5-16(13-19)23-22(25)15-30-18-9-11-21(12-10-18)31(26,27)24-17-6-4-8-20(14-17)29-2/h3-14,24H,15H2,1-2H3,(H,23,25). The van der Waals surface area contributed by atoms with Crippen LogP contribution in [0.1, 0.15) is 0 Å². The number of hydrogen-bond donors (Lipinski definition) is 2. The van der Waals surface area contributed by atoms with Gasteiger partial charge in [-0.2, -0.15) is 0 Å². The highest BCUT2D eigenvalue weighted by Gasteiger charge is 2.15. The number of rotatable bonds is 9. The van der Waals surface area contributed by atoms with Crippen LogP contribution in [0.2, 0.25) is 0 Å². The smallest absolute Gasteiger partial charge is 0.262 e. The van der Waals surface area contributed by atoms with E-state index in [2.05, 4.69) is 10.0 Å². The molecule has 0 aromatic heterocycles. The quantitative estimate of drug-likeness (QED) is 0.526. The van der Waals surface area contributed by atoms with Crippen molar-refractivity contribution < 1.29 is 27.4 Å². The van der Waals surface area contributed by atoms with Crippen LogP contribution in [0.5, 0.6) is 17.2 Å². The lowest BCUT2D eigenvalue weighted by Gasteiger charge is -2.11. The number of methoxy groups -OCH3 is 2. The Labute approximate surface area is 180 Å². The van der Waals surface area contributed by atoms with Crippen molar-refractivity contribution in [3.63, 3.8) is 0 Å². The van der Waals surface area contributed by atoms with Gasteiger partial charge in [-0.25, -0.2) is 8.42 Å². The van der Waals surface area contributed by atoms with Gasteiger partial charge in [-0.3, -0.25) is 9.52 Å². The first-order valence-corrected chi connectivity index (χ1v) is 10.7. The highest BCUT2D eigenvalue weighted by Crippen LogP contribution is 2.22. The van der Waals surface area contributed by atoms with E-state index < -0.39 is 10.0 Å². The number of carbonyl (C=O) groups is 1. The second-order valence-electron chi connectivity index (χ2n) is 6.38. The summed E-state index contributed by atoms with van der Waals surface area (Å²) in [7, 11) is -0.741. The Morgan fingerprint density at radius 1 is 0.806 bits per heavy atom. The Bertz CT molecular complexity index is 1150. The number of ether oxygens (including phenoxy) is 3. The number of nitrogens with one attached hydrogen (secondary N) is 2. The Hall–Kier alpha value is -3.72. The molecule has 0 spiro atoms. The molecule has 3 aromatic rings. The van der Waals surface area contributed by atoms with Crippen LogP contribution in [0.15, 0.2) is 77.7 Å². The molecule has 3 rings (SSSR count). The molecule has 9 heteroatoms. The predicted octanol–water partition coefficient (Wildman–Crippen LogP) is 3.52. The zero-order valence-corrected chi connectivity index (χ0v) is 17.8. The highest BCUT2D eigenvalue weighted by atomic mass is 32.2. The maximum Gasteiger partial charge on any atom is 0.262 e. The minimum absolute atomic E-state index is 0.0588. The third-order valence-electron chi connectivity index (χ3n) is 4.18. The molecule has 0 unspecified atom stereocenters. The fourth-order valence-corrected chi connectivity index (χ4v) is 3.71. The van der Waals surface area contributed by atoms with Crippen molar-refractivity contribution in [3.8, 4) is 17.2 Å². The third kappa shape index (κ3) is 6.13. The Morgan fingerprint density at radius 2 is 1.39 bits per heavy atom. The number of amides is 1. The zero-order chi connectivity index (χ0) is 22.3. The van der Waals surface area contributed by atoms with E-state index in [0.29, 0.717) is 28.6 Å². The van der Waals surface area contributed by atoms with Gasteiger partial charge >= 0.3 is 0 Å². The summed E-state index contributed by atoms with van der Waals surface area (Å²) in [4.78, 5) is 12.1. The summed E-state index contributed by atoms with van der Waals surface area (Å²) < 4.78 is 43.3. The SMILES string of the molecule is COc1cccc(NC(=O)COc2ccc(S(=O)(=O)Nc3cccc(OC)c3)cc2)c1. The highest BCUT2D eigenvalue weighted by molar-refractivity contribution is 7.92. The Morgan fingerprint density at radius 3 is 2.00 bits per heavy atom. The van der Waals surface area contributed by atoms with Gasteiger partial charge in [-0.15, -0.1) is 0 Å². The van der Waals surface area contributed by atoms with Crippen molar-refractivity contribution in [2.45, 2.75) is 4.90 Å². The summed E-state index contributed by atoms with van der Waals surface area (Å²) in [5.74, 6) is 1.17. The van der Waals surface area contributed by atoms with Crippen LogP contribution in [-0.4, -0.2) is 35.2 Å². The third-order valence-corrected chi connectivity index (χ3v) is 5.58. The first-order chi connectivity index (χ1) is 14.9. The van der Waals surface area contributed by atoms with E-state index in [-0.39, 0.29) is 17.4 Å². The summed E-state index contributed by atoms with van der Waals surface area (Å²) >= 11 is 0. The molecular formula is C22H22N2O6S. The first-order valence-electron chi connectivity index (χ1n) is 9.23. The van der Waals surface area contributed by atoms with Crippen LogP contribution in [0.4, 0.5) is 11.4 Å². The van der Waals surface area contributed by atoms with E-state index in [1.165, 1.54) is 31.4 Å². The van der Waals surface area contributed by atoms with Crippen molar-refractivity contribution in [1.29, 1.82) is 0 Å². The van der Waals surface area contributed by atoms with Crippen molar-refractivity contribution in [1.82, 2.24) is 0 Å². The van der Waals surface area contributed by atoms with E-state index in [1.54, 1.807) is 55.6 Å². The summed E-state index contributed by atoms with van der Waals surface area (Å²) in [6, 6.07) is 19.3. The van der Waals surface area contributed by atoms with Gasteiger partial charge in [-0.05, 0) is 48.5 Å². The van der Waals surface area contributed by atoms with Gasteiger partial charge in [0.25, 0.3) is 15.9 Å². The lowest BCUT2D eigenvalue weighted by Crippen LogP contribution is -2.20. The number of sulfonamides is 1. The van der Waals surface area contributed by atoms with Gasteiger partial charge in [0.15, 0.2) is 6.61 Å². The number of anilines is 2. The summed E-state index contributed by atoms with van der Waals surface area (Å²) in [6.07, 6.45) is 0. The number of carbonyl (C=O) groups excluding carboxylic acids is 1. The molecule has 0 saturated heterocycles. The molecule has 0 bridgehead atoms. The van der Waals surface area contributed by atoms with Crippen molar-refractivity contribution in [3.05, 3.63) is 72.8 Å². The van der Waals surface area contributed by atoms with Gasteiger partial charge < -0.3 is 19.5 Å². The topological polar surface area (TPSA) is 103 Å². The molecule has 0 atom stereocenters. The maximum atomic E-state index is 12.6. The van der Waals surface area contributed by atoms with Crippen molar-refractivity contribution in [2.24, 2.45) is 0 Å².